The topological polar surface area (TPSA) is 57.6 Å². The Labute approximate surface area is 96.6 Å². The predicted molar refractivity (Wildman–Crippen MR) is 60.9 cm³/mol. The van der Waals surface area contributed by atoms with Crippen molar-refractivity contribution in [1.82, 2.24) is 4.90 Å². The molecule has 0 saturated carbocycles. The highest BCUT2D eigenvalue weighted by molar-refractivity contribution is 5.84. The van der Waals surface area contributed by atoms with E-state index < -0.39 is 17.8 Å². The Hall–Kier alpha value is -1.06. The molecule has 0 aromatic rings. The van der Waals surface area contributed by atoms with Crippen LogP contribution in [0, 0.1) is 17.8 Å². The van der Waals surface area contributed by atoms with Gasteiger partial charge in [0.1, 0.15) is 0 Å². The number of nitrogens with zero attached hydrogens (tertiary/aromatic N) is 1. The summed E-state index contributed by atoms with van der Waals surface area (Å²) < 4.78 is 0. The van der Waals surface area contributed by atoms with E-state index in [-0.39, 0.29) is 11.9 Å². The molecule has 0 aromatic carbocycles. The fraction of sp³-hybridized carbons (Fsp3) is 0.833. The summed E-state index contributed by atoms with van der Waals surface area (Å²) in [6, 6.07) is 0.242. The van der Waals surface area contributed by atoms with E-state index in [0.717, 1.165) is 13.0 Å². The van der Waals surface area contributed by atoms with Gasteiger partial charge < -0.3 is 10.0 Å². The SMILES string of the molecule is CC1CC(C)N(C(=O)C(C)C(C)C(=O)O)C1. The first-order chi connectivity index (χ1) is 7.34. The molecule has 1 aliphatic rings. The van der Waals surface area contributed by atoms with Gasteiger partial charge in [-0.2, -0.15) is 0 Å². The highest BCUT2D eigenvalue weighted by Crippen LogP contribution is 2.26. The molecular weight excluding hydrogens is 206 g/mol. The van der Waals surface area contributed by atoms with Crippen LogP contribution in [0.5, 0.6) is 0 Å². The second-order valence-corrected chi connectivity index (χ2v) is 5.10. The Bertz CT molecular complexity index is 290. The Morgan fingerprint density at radius 3 is 2.19 bits per heavy atom. The second-order valence-electron chi connectivity index (χ2n) is 5.10. The summed E-state index contributed by atoms with van der Waals surface area (Å²) in [4.78, 5) is 24.8. The Balaban J connectivity index is 2.67. The maximum Gasteiger partial charge on any atom is 0.307 e. The number of likely N-dealkylation sites (tertiary alicyclic amines) is 1. The minimum Gasteiger partial charge on any atom is -0.481 e. The molecule has 4 unspecified atom stereocenters. The fourth-order valence-electron chi connectivity index (χ4n) is 2.30. The molecule has 0 spiro atoms. The second kappa shape index (κ2) is 4.85. The van der Waals surface area contributed by atoms with Crippen molar-refractivity contribution < 1.29 is 14.7 Å². The smallest absolute Gasteiger partial charge is 0.307 e. The quantitative estimate of drug-likeness (QED) is 0.796. The zero-order valence-corrected chi connectivity index (χ0v) is 10.4. The predicted octanol–water partition coefficient (Wildman–Crippen LogP) is 1.60. The third-order valence-electron chi connectivity index (χ3n) is 3.60. The van der Waals surface area contributed by atoms with Gasteiger partial charge in [-0.25, -0.2) is 0 Å². The summed E-state index contributed by atoms with van der Waals surface area (Å²) in [5.41, 5.74) is 0. The zero-order valence-electron chi connectivity index (χ0n) is 10.4. The molecule has 1 aliphatic heterocycles. The molecule has 0 radical (unpaired) electrons. The fourth-order valence-corrected chi connectivity index (χ4v) is 2.30. The molecule has 0 bridgehead atoms. The number of carboxylic acid groups (broad SMARTS) is 1. The van der Waals surface area contributed by atoms with Crippen molar-refractivity contribution in [3.8, 4) is 0 Å². The Morgan fingerprint density at radius 2 is 1.81 bits per heavy atom. The average molecular weight is 227 g/mol. The van der Waals surface area contributed by atoms with Crippen LogP contribution in [0.3, 0.4) is 0 Å². The average Bonchev–Trinajstić information content (AvgIpc) is 2.54. The van der Waals surface area contributed by atoms with Crippen LogP contribution in [0.2, 0.25) is 0 Å². The molecule has 0 aromatic heterocycles. The highest BCUT2D eigenvalue weighted by Gasteiger charge is 2.35. The van der Waals surface area contributed by atoms with Gasteiger partial charge in [0.2, 0.25) is 5.91 Å². The van der Waals surface area contributed by atoms with E-state index in [1.165, 1.54) is 0 Å². The lowest BCUT2D eigenvalue weighted by Crippen LogP contribution is -2.41. The molecule has 1 rings (SSSR count). The third-order valence-corrected chi connectivity index (χ3v) is 3.60. The van der Waals surface area contributed by atoms with Crippen LogP contribution in [-0.4, -0.2) is 34.5 Å². The number of hydrogen-bond donors (Lipinski definition) is 1. The summed E-state index contributed by atoms with van der Waals surface area (Å²) in [5.74, 6) is -1.46. The minimum atomic E-state index is -0.902. The summed E-state index contributed by atoms with van der Waals surface area (Å²) in [6.07, 6.45) is 1.01. The van der Waals surface area contributed by atoms with E-state index in [4.69, 9.17) is 5.11 Å². The number of hydrogen-bond acceptors (Lipinski definition) is 2. The first kappa shape index (κ1) is 13.0. The van der Waals surface area contributed by atoms with Crippen molar-refractivity contribution >= 4 is 11.9 Å². The van der Waals surface area contributed by atoms with Gasteiger partial charge in [0.15, 0.2) is 0 Å². The van der Waals surface area contributed by atoms with Crippen LogP contribution in [0.4, 0.5) is 0 Å². The van der Waals surface area contributed by atoms with Crippen molar-refractivity contribution in [1.29, 1.82) is 0 Å². The zero-order chi connectivity index (χ0) is 12.5. The van der Waals surface area contributed by atoms with E-state index in [1.54, 1.807) is 13.8 Å². The van der Waals surface area contributed by atoms with Gasteiger partial charge >= 0.3 is 5.97 Å². The molecule has 92 valence electrons. The van der Waals surface area contributed by atoms with Crippen LogP contribution in [0.1, 0.15) is 34.1 Å². The van der Waals surface area contributed by atoms with E-state index in [1.807, 2.05) is 11.8 Å². The van der Waals surface area contributed by atoms with Crippen LogP contribution in [0.25, 0.3) is 0 Å². The lowest BCUT2D eigenvalue weighted by Gasteiger charge is -2.26. The molecule has 4 nitrogen and oxygen atoms in total. The summed E-state index contributed by atoms with van der Waals surface area (Å²) in [5, 5.41) is 8.89. The van der Waals surface area contributed by atoms with Gasteiger partial charge in [-0.1, -0.05) is 20.8 Å². The van der Waals surface area contributed by atoms with Crippen LogP contribution < -0.4 is 0 Å². The normalized spacial score (nSPS) is 28.9. The van der Waals surface area contributed by atoms with E-state index in [9.17, 15) is 9.59 Å². The van der Waals surface area contributed by atoms with E-state index in [0.29, 0.717) is 5.92 Å². The summed E-state index contributed by atoms with van der Waals surface area (Å²) >= 11 is 0. The van der Waals surface area contributed by atoms with Crippen molar-refractivity contribution in [2.24, 2.45) is 17.8 Å². The Morgan fingerprint density at radius 1 is 1.25 bits per heavy atom. The molecule has 4 atom stereocenters. The van der Waals surface area contributed by atoms with E-state index in [2.05, 4.69) is 6.92 Å². The van der Waals surface area contributed by atoms with Gasteiger partial charge in [-0.05, 0) is 19.3 Å². The molecule has 1 saturated heterocycles. The molecule has 16 heavy (non-hydrogen) atoms. The first-order valence-electron chi connectivity index (χ1n) is 5.87. The van der Waals surface area contributed by atoms with Crippen molar-refractivity contribution in [3.05, 3.63) is 0 Å². The number of carbonyl (C=O) groups is 2. The van der Waals surface area contributed by atoms with Gasteiger partial charge in [-0.15, -0.1) is 0 Å². The standard InChI is InChI=1S/C12H21NO3/c1-7-5-8(2)13(6-7)11(14)9(3)10(4)12(15)16/h7-10H,5-6H2,1-4H3,(H,15,16). The number of amides is 1. The van der Waals surface area contributed by atoms with Crippen LogP contribution >= 0.6 is 0 Å². The lowest BCUT2D eigenvalue weighted by molar-refractivity contribution is -0.149. The van der Waals surface area contributed by atoms with Crippen molar-refractivity contribution in [2.75, 3.05) is 6.54 Å². The maximum absolute atomic E-state index is 12.1. The third kappa shape index (κ3) is 2.54. The number of carboxylic acids is 1. The van der Waals surface area contributed by atoms with Gasteiger partial charge in [0, 0.05) is 18.5 Å². The molecular formula is C12H21NO3. The van der Waals surface area contributed by atoms with Gasteiger partial charge in [0.25, 0.3) is 0 Å². The van der Waals surface area contributed by atoms with Crippen molar-refractivity contribution in [2.45, 2.75) is 40.2 Å². The molecule has 1 N–H and O–H groups in total. The number of rotatable bonds is 3. The summed E-state index contributed by atoms with van der Waals surface area (Å²) in [6.45, 7) is 8.21. The van der Waals surface area contributed by atoms with Gasteiger partial charge in [0.05, 0.1) is 5.92 Å². The monoisotopic (exact) mass is 227 g/mol. The van der Waals surface area contributed by atoms with Gasteiger partial charge in [-0.3, -0.25) is 9.59 Å². The largest absolute Gasteiger partial charge is 0.481 e. The lowest BCUT2D eigenvalue weighted by atomic mass is 9.94. The molecule has 1 amide bonds. The van der Waals surface area contributed by atoms with Crippen LogP contribution in [-0.2, 0) is 9.59 Å². The van der Waals surface area contributed by atoms with Crippen molar-refractivity contribution in [3.63, 3.8) is 0 Å². The molecule has 4 heteroatoms. The highest BCUT2D eigenvalue weighted by atomic mass is 16.4. The number of carbonyl (C=O) groups excluding carboxylic acids is 1. The van der Waals surface area contributed by atoms with E-state index >= 15 is 0 Å². The molecule has 0 aliphatic carbocycles. The number of aliphatic carboxylic acids is 1. The molecule has 1 heterocycles. The summed E-state index contributed by atoms with van der Waals surface area (Å²) in [7, 11) is 0. The minimum absolute atomic E-state index is 0.0215. The Kier molecular flexibility index (Phi) is 3.94. The van der Waals surface area contributed by atoms with Crippen LogP contribution in [0.15, 0.2) is 0 Å². The maximum atomic E-state index is 12.1. The first-order valence-corrected chi connectivity index (χ1v) is 5.87. The molecule has 1 fully saturated rings.